The van der Waals surface area contributed by atoms with E-state index in [0.29, 0.717) is 6.29 Å². The lowest BCUT2D eigenvalue weighted by Gasteiger charge is -2.10. The van der Waals surface area contributed by atoms with E-state index in [1.165, 1.54) is 0 Å². The Bertz CT molecular complexity index is 78.4. The summed E-state index contributed by atoms with van der Waals surface area (Å²) in [6.07, 6.45) is 0.688. The Kier molecular flexibility index (Phi) is 3.85. The van der Waals surface area contributed by atoms with Crippen LogP contribution in [0.25, 0.3) is 0 Å². The average molecular weight is 134 g/mol. The average Bonchev–Trinajstić information content (AvgIpc) is 1.84. The molecule has 0 heterocycles. The zero-order valence-electron chi connectivity index (χ0n) is 4.66. The molecular formula is C4H10N2OS. The van der Waals surface area contributed by atoms with Gasteiger partial charge in [-0.15, -0.1) is 0 Å². The van der Waals surface area contributed by atoms with Gasteiger partial charge in [-0.1, -0.05) is 12.8 Å². The van der Waals surface area contributed by atoms with Crippen LogP contribution in [0.5, 0.6) is 0 Å². The molecule has 0 rings (SSSR count). The standard InChI is InChI=1S/C4H10N2OS/c1-3(6-8)4(5)2-7/h2-4,6,8H,5H2,1H3. The van der Waals surface area contributed by atoms with Crippen molar-refractivity contribution in [3.8, 4) is 0 Å². The third kappa shape index (κ3) is 2.30. The highest BCUT2D eigenvalue weighted by Crippen LogP contribution is 1.84. The number of carbonyl (C=O) groups is 1. The minimum absolute atomic E-state index is 0.0594. The second kappa shape index (κ2) is 3.88. The maximum Gasteiger partial charge on any atom is 0.138 e. The van der Waals surface area contributed by atoms with Gasteiger partial charge < -0.3 is 10.5 Å². The summed E-state index contributed by atoms with van der Waals surface area (Å²) in [5.74, 6) is 0. The molecule has 3 N–H and O–H groups in total. The van der Waals surface area contributed by atoms with Gasteiger partial charge in [0, 0.05) is 6.04 Å². The van der Waals surface area contributed by atoms with E-state index in [1.807, 2.05) is 0 Å². The molecular weight excluding hydrogens is 124 g/mol. The molecule has 0 fully saturated rings. The lowest BCUT2D eigenvalue weighted by atomic mass is 10.2. The van der Waals surface area contributed by atoms with Gasteiger partial charge >= 0.3 is 0 Å². The Morgan fingerprint density at radius 2 is 2.38 bits per heavy atom. The molecule has 8 heavy (non-hydrogen) atoms. The monoisotopic (exact) mass is 134 g/mol. The number of aldehydes is 1. The highest BCUT2D eigenvalue weighted by molar-refractivity contribution is 7.78. The van der Waals surface area contributed by atoms with Crippen LogP contribution < -0.4 is 10.5 Å². The van der Waals surface area contributed by atoms with E-state index in [2.05, 4.69) is 17.5 Å². The number of nitrogens with one attached hydrogen (secondary N) is 1. The summed E-state index contributed by atoms with van der Waals surface area (Å²) in [6.45, 7) is 1.78. The normalized spacial score (nSPS) is 17.4. The number of hydrogen-bond acceptors (Lipinski definition) is 4. The van der Waals surface area contributed by atoms with Crippen molar-refractivity contribution in [2.45, 2.75) is 19.0 Å². The largest absolute Gasteiger partial charge is 0.320 e. The minimum Gasteiger partial charge on any atom is -0.320 e. The van der Waals surface area contributed by atoms with Gasteiger partial charge in [0.25, 0.3) is 0 Å². The predicted octanol–water partition coefficient (Wildman–Crippen LogP) is -0.665. The Morgan fingerprint density at radius 3 is 2.50 bits per heavy atom. The molecule has 48 valence electrons. The molecule has 0 saturated carbocycles. The first kappa shape index (κ1) is 7.94. The summed E-state index contributed by atoms with van der Waals surface area (Å²) in [4.78, 5) is 9.91. The van der Waals surface area contributed by atoms with Crippen molar-refractivity contribution in [3.05, 3.63) is 0 Å². The molecule has 4 heteroatoms. The Morgan fingerprint density at radius 1 is 1.88 bits per heavy atom. The van der Waals surface area contributed by atoms with Gasteiger partial charge in [0.15, 0.2) is 0 Å². The molecule has 3 nitrogen and oxygen atoms in total. The summed E-state index contributed by atoms with van der Waals surface area (Å²) < 4.78 is 2.55. The third-order valence-corrected chi connectivity index (χ3v) is 1.35. The zero-order valence-corrected chi connectivity index (χ0v) is 5.56. The van der Waals surface area contributed by atoms with Crippen LogP contribution in [0.2, 0.25) is 0 Å². The topological polar surface area (TPSA) is 55.1 Å². The molecule has 0 aromatic heterocycles. The molecule has 0 radical (unpaired) electrons. The fraction of sp³-hybridized carbons (Fsp3) is 0.750. The molecule has 0 aromatic rings. The van der Waals surface area contributed by atoms with Crippen LogP contribution in [-0.4, -0.2) is 18.4 Å². The van der Waals surface area contributed by atoms with Crippen molar-refractivity contribution < 1.29 is 4.79 Å². The van der Waals surface area contributed by atoms with Crippen LogP contribution in [0, 0.1) is 0 Å². The molecule has 0 aliphatic rings. The highest BCUT2D eigenvalue weighted by atomic mass is 32.1. The SMILES string of the molecule is CC(NS)C(N)C=O. The van der Waals surface area contributed by atoms with Gasteiger partial charge in [0.1, 0.15) is 6.29 Å². The van der Waals surface area contributed by atoms with Gasteiger partial charge in [-0.05, 0) is 6.92 Å². The van der Waals surface area contributed by atoms with Crippen molar-refractivity contribution in [2.75, 3.05) is 0 Å². The summed E-state index contributed by atoms with van der Waals surface area (Å²) in [6, 6.07) is -0.511. The maximum atomic E-state index is 9.91. The molecule has 0 aromatic carbocycles. The Labute approximate surface area is 54.2 Å². The number of nitrogens with two attached hydrogens (primary N) is 1. The quantitative estimate of drug-likeness (QED) is 0.354. The number of hydrogen-bond donors (Lipinski definition) is 3. The van der Waals surface area contributed by atoms with Crippen molar-refractivity contribution in [1.82, 2.24) is 4.72 Å². The van der Waals surface area contributed by atoms with Crippen LogP contribution in [-0.2, 0) is 4.79 Å². The van der Waals surface area contributed by atoms with Crippen molar-refractivity contribution in [1.29, 1.82) is 0 Å². The van der Waals surface area contributed by atoms with Gasteiger partial charge in [-0.3, -0.25) is 4.72 Å². The van der Waals surface area contributed by atoms with E-state index >= 15 is 0 Å². The first-order chi connectivity index (χ1) is 3.72. The minimum atomic E-state index is -0.451. The summed E-state index contributed by atoms with van der Waals surface area (Å²) in [7, 11) is 0. The summed E-state index contributed by atoms with van der Waals surface area (Å²) in [5.41, 5.74) is 5.25. The second-order valence-electron chi connectivity index (χ2n) is 1.63. The smallest absolute Gasteiger partial charge is 0.138 e. The second-order valence-corrected chi connectivity index (χ2v) is 1.89. The van der Waals surface area contributed by atoms with E-state index < -0.39 is 6.04 Å². The molecule has 0 aliphatic heterocycles. The predicted molar refractivity (Wildman–Crippen MR) is 35.6 cm³/mol. The third-order valence-electron chi connectivity index (χ3n) is 0.938. The van der Waals surface area contributed by atoms with E-state index in [1.54, 1.807) is 6.92 Å². The van der Waals surface area contributed by atoms with Crippen LogP contribution in [0.1, 0.15) is 6.92 Å². The van der Waals surface area contributed by atoms with Crippen LogP contribution in [0.3, 0.4) is 0 Å². The molecule has 0 spiro atoms. The molecule has 0 amide bonds. The molecule has 2 atom stereocenters. The van der Waals surface area contributed by atoms with E-state index in [-0.39, 0.29) is 6.04 Å². The molecule has 0 aliphatic carbocycles. The summed E-state index contributed by atoms with van der Waals surface area (Å²) in [5, 5.41) is 0. The van der Waals surface area contributed by atoms with E-state index in [9.17, 15) is 4.79 Å². The fourth-order valence-electron chi connectivity index (χ4n) is 0.204. The lowest BCUT2D eigenvalue weighted by Crippen LogP contribution is -2.40. The zero-order chi connectivity index (χ0) is 6.57. The maximum absolute atomic E-state index is 9.91. The molecule has 0 saturated heterocycles. The first-order valence-electron chi connectivity index (χ1n) is 2.33. The van der Waals surface area contributed by atoms with Crippen molar-refractivity contribution >= 4 is 19.1 Å². The Balaban J connectivity index is 3.44. The van der Waals surface area contributed by atoms with Crippen LogP contribution in [0.4, 0.5) is 0 Å². The van der Waals surface area contributed by atoms with Gasteiger partial charge in [0.05, 0.1) is 6.04 Å². The van der Waals surface area contributed by atoms with Gasteiger partial charge in [0.2, 0.25) is 0 Å². The number of rotatable bonds is 3. The lowest BCUT2D eigenvalue weighted by molar-refractivity contribution is -0.109. The van der Waals surface area contributed by atoms with Crippen LogP contribution >= 0.6 is 12.8 Å². The van der Waals surface area contributed by atoms with E-state index in [4.69, 9.17) is 5.73 Å². The van der Waals surface area contributed by atoms with Crippen molar-refractivity contribution in [2.24, 2.45) is 5.73 Å². The summed E-state index contributed by atoms with van der Waals surface area (Å²) >= 11 is 3.72. The van der Waals surface area contributed by atoms with Gasteiger partial charge in [-0.25, -0.2) is 0 Å². The highest BCUT2D eigenvalue weighted by Gasteiger charge is 2.07. The van der Waals surface area contributed by atoms with E-state index in [0.717, 1.165) is 0 Å². The fourth-order valence-corrected chi connectivity index (χ4v) is 0.376. The number of thiol groups is 1. The van der Waals surface area contributed by atoms with Crippen LogP contribution in [0.15, 0.2) is 0 Å². The first-order valence-corrected chi connectivity index (χ1v) is 2.77. The van der Waals surface area contributed by atoms with Gasteiger partial charge in [-0.2, -0.15) is 0 Å². The number of carbonyl (C=O) groups excluding carboxylic acids is 1. The van der Waals surface area contributed by atoms with Crippen molar-refractivity contribution in [3.63, 3.8) is 0 Å². The molecule has 0 bridgehead atoms. The molecule has 2 unspecified atom stereocenters. The Hall–Kier alpha value is -0.0600.